The number of carbonyl (C=O) groups excluding carboxylic acids is 1. The number of aryl methyl sites for hydroxylation is 1. The number of pyridine rings is 1. The third-order valence-electron chi connectivity index (χ3n) is 2.61. The summed E-state index contributed by atoms with van der Waals surface area (Å²) in [4.78, 5) is 16.1. The minimum absolute atomic E-state index is 0.0103. The van der Waals surface area contributed by atoms with E-state index in [1.54, 1.807) is 24.3 Å². The van der Waals surface area contributed by atoms with E-state index < -0.39 is 5.91 Å². The predicted octanol–water partition coefficient (Wildman–Crippen LogP) is 2.97. The molecule has 0 aliphatic rings. The van der Waals surface area contributed by atoms with Gasteiger partial charge in [-0.15, -0.1) is 0 Å². The molecule has 5 nitrogen and oxygen atoms in total. The molecule has 2 aromatic heterocycles. The summed E-state index contributed by atoms with van der Waals surface area (Å²) in [5, 5.41) is 11.7. The van der Waals surface area contributed by atoms with Crippen LogP contribution in [0.15, 0.2) is 44.9 Å². The van der Waals surface area contributed by atoms with Crippen LogP contribution < -0.4 is 5.32 Å². The van der Waals surface area contributed by atoms with Crippen LogP contribution in [-0.2, 0) is 11.3 Å². The third-order valence-corrected chi connectivity index (χ3v) is 3.05. The minimum Gasteiger partial charge on any atom is -0.465 e. The van der Waals surface area contributed by atoms with Crippen molar-refractivity contribution >= 4 is 27.9 Å². The molecule has 21 heavy (non-hydrogen) atoms. The van der Waals surface area contributed by atoms with E-state index >= 15 is 0 Å². The van der Waals surface area contributed by atoms with E-state index in [1.807, 2.05) is 19.1 Å². The Hall–Kier alpha value is -2.39. The standard InChI is InChI=1S/C15H12BrN3O2/c1-10-5-6-13(21-10)9-18-15(20)11(8-17)7-12-3-2-4-14(16)19-12/h2-7H,9H2,1H3,(H,18,20). The number of aromatic nitrogens is 1. The highest BCUT2D eigenvalue weighted by molar-refractivity contribution is 9.10. The summed E-state index contributed by atoms with van der Waals surface area (Å²) in [5.41, 5.74) is 0.522. The Labute approximate surface area is 130 Å². The molecule has 0 atom stereocenters. The summed E-state index contributed by atoms with van der Waals surface area (Å²) < 4.78 is 5.98. The van der Waals surface area contributed by atoms with E-state index in [1.165, 1.54) is 6.08 Å². The van der Waals surface area contributed by atoms with Gasteiger partial charge in [0.15, 0.2) is 0 Å². The van der Waals surface area contributed by atoms with Gasteiger partial charge in [-0.1, -0.05) is 6.07 Å². The van der Waals surface area contributed by atoms with E-state index in [4.69, 9.17) is 9.68 Å². The first-order chi connectivity index (χ1) is 10.1. The van der Waals surface area contributed by atoms with Gasteiger partial charge in [-0.05, 0) is 53.2 Å². The molecule has 106 valence electrons. The number of nitriles is 1. The van der Waals surface area contributed by atoms with Crippen LogP contribution in [0.4, 0.5) is 0 Å². The Morgan fingerprint density at radius 3 is 2.90 bits per heavy atom. The number of halogens is 1. The van der Waals surface area contributed by atoms with E-state index in [2.05, 4.69) is 26.2 Å². The van der Waals surface area contributed by atoms with Gasteiger partial charge >= 0.3 is 0 Å². The summed E-state index contributed by atoms with van der Waals surface area (Å²) in [7, 11) is 0. The zero-order chi connectivity index (χ0) is 15.2. The minimum atomic E-state index is -0.465. The van der Waals surface area contributed by atoms with Gasteiger partial charge in [0.2, 0.25) is 0 Å². The number of hydrogen-bond donors (Lipinski definition) is 1. The molecule has 0 fully saturated rings. The van der Waals surface area contributed by atoms with Gasteiger partial charge in [0.25, 0.3) is 5.91 Å². The molecule has 0 spiro atoms. The van der Waals surface area contributed by atoms with Crippen molar-refractivity contribution in [1.82, 2.24) is 10.3 Å². The summed E-state index contributed by atoms with van der Waals surface area (Å²) in [6.07, 6.45) is 1.44. The van der Waals surface area contributed by atoms with Gasteiger partial charge in [-0.25, -0.2) is 4.98 Å². The second kappa shape index (κ2) is 6.86. The zero-order valence-corrected chi connectivity index (χ0v) is 12.8. The lowest BCUT2D eigenvalue weighted by atomic mass is 10.2. The maximum atomic E-state index is 12.0. The normalized spacial score (nSPS) is 11.0. The second-order valence-electron chi connectivity index (χ2n) is 4.25. The summed E-state index contributed by atoms with van der Waals surface area (Å²) in [5.74, 6) is 0.945. The molecule has 0 saturated heterocycles. The molecule has 0 saturated carbocycles. The molecular formula is C15H12BrN3O2. The highest BCUT2D eigenvalue weighted by Crippen LogP contribution is 2.10. The molecule has 2 rings (SSSR count). The summed E-state index contributed by atoms with van der Waals surface area (Å²) >= 11 is 3.24. The number of hydrogen-bond acceptors (Lipinski definition) is 4. The fraction of sp³-hybridized carbons (Fsp3) is 0.133. The maximum Gasteiger partial charge on any atom is 0.262 e. The Morgan fingerprint density at radius 2 is 2.29 bits per heavy atom. The van der Waals surface area contributed by atoms with Gasteiger partial charge in [-0.3, -0.25) is 4.79 Å². The first kappa shape index (κ1) is 15.0. The van der Waals surface area contributed by atoms with E-state index in [-0.39, 0.29) is 12.1 Å². The van der Waals surface area contributed by atoms with Crippen LogP contribution in [0, 0.1) is 18.3 Å². The van der Waals surface area contributed by atoms with Gasteiger partial charge in [-0.2, -0.15) is 5.26 Å². The van der Waals surface area contributed by atoms with Crippen molar-refractivity contribution in [1.29, 1.82) is 5.26 Å². The Kier molecular flexibility index (Phi) is 4.90. The number of nitrogens with zero attached hydrogens (tertiary/aromatic N) is 2. The number of nitrogens with one attached hydrogen (secondary N) is 1. The molecule has 1 amide bonds. The van der Waals surface area contributed by atoms with Crippen LogP contribution in [0.5, 0.6) is 0 Å². The van der Waals surface area contributed by atoms with Crippen molar-refractivity contribution in [3.8, 4) is 6.07 Å². The Balaban J connectivity index is 2.06. The van der Waals surface area contributed by atoms with Crippen molar-refractivity contribution < 1.29 is 9.21 Å². The number of rotatable bonds is 4. The van der Waals surface area contributed by atoms with Gasteiger partial charge in [0.1, 0.15) is 27.8 Å². The lowest BCUT2D eigenvalue weighted by Gasteiger charge is -2.02. The van der Waals surface area contributed by atoms with Crippen molar-refractivity contribution in [2.45, 2.75) is 13.5 Å². The van der Waals surface area contributed by atoms with Crippen LogP contribution in [0.1, 0.15) is 17.2 Å². The summed E-state index contributed by atoms with van der Waals surface area (Å²) in [6.45, 7) is 2.06. The highest BCUT2D eigenvalue weighted by Gasteiger charge is 2.10. The molecule has 0 unspecified atom stereocenters. The third kappa shape index (κ3) is 4.29. The summed E-state index contributed by atoms with van der Waals surface area (Å²) in [6, 6.07) is 10.7. The van der Waals surface area contributed by atoms with Crippen molar-refractivity contribution in [3.63, 3.8) is 0 Å². The first-order valence-electron chi connectivity index (χ1n) is 6.16. The van der Waals surface area contributed by atoms with E-state index in [0.717, 1.165) is 5.76 Å². The molecule has 0 aliphatic carbocycles. The smallest absolute Gasteiger partial charge is 0.262 e. The number of amides is 1. The van der Waals surface area contributed by atoms with E-state index in [0.29, 0.717) is 16.1 Å². The Morgan fingerprint density at radius 1 is 1.48 bits per heavy atom. The van der Waals surface area contributed by atoms with Crippen molar-refractivity contribution in [2.24, 2.45) is 0 Å². The molecule has 0 radical (unpaired) electrons. The fourth-order valence-corrected chi connectivity index (χ4v) is 2.00. The predicted molar refractivity (Wildman–Crippen MR) is 80.8 cm³/mol. The van der Waals surface area contributed by atoms with Crippen LogP contribution in [-0.4, -0.2) is 10.9 Å². The monoisotopic (exact) mass is 345 g/mol. The van der Waals surface area contributed by atoms with Crippen LogP contribution >= 0.6 is 15.9 Å². The van der Waals surface area contributed by atoms with Crippen molar-refractivity contribution in [3.05, 3.63) is 57.7 Å². The molecule has 0 bridgehead atoms. The zero-order valence-electron chi connectivity index (χ0n) is 11.3. The Bertz CT molecular complexity index is 729. The quantitative estimate of drug-likeness (QED) is 0.524. The molecule has 6 heteroatoms. The van der Waals surface area contributed by atoms with Gasteiger partial charge in [0, 0.05) is 0 Å². The van der Waals surface area contributed by atoms with Crippen molar-refractivity contribution in [2.75, 3.05) is 0 Å². The average molecular weight is 346 g/mol. The van der Waals surface area contributed by atoms with Gasteiger partial charge in [0.05, 0.1) is 12.2 Å². The molecule has 2 heterocycles. The SMILES string of the molecule is Cc1ccc(CNC(=O)C(C#N)=Cc2cccc(Br)n2)o1. The molecule has 2 aromatic rings. The molecular weight excluding hydrogens is 334 g/mol. The van der Waals surface area contributed by atoms with Crippen LogP contribution in [0.25, 0.3) is 6.08 Å². The largest absolute Gasteiger partial charge is 0.465 e. The average Bonchev–Trinajstić information content (AvgIpc) is 2.88. The molecule has 0 aromatic carbocycles. The molecule has 0 aliphatic heterocycles. The lowest BCUT2D eigenvalue weighted by Crippen LogP contribution is -2.23. The highest BCUT2D eigenvalue weighted by atomic mass is 79.9. The lowest BCUT2D eigenvalue weighted by molar-refractivity contribution is -0.117. The maximum absolute atomic E-state index is 12.0. The topological polar surface area (TPSA) is 78.9 Å². The fourth-order valence-electron chi connectivity index (χ4n) is 1.64. The van der Waals surface area contributed by atoms with Crippen LogP contribution in [0.3, 0.4) is 0 Å². The van der Waals surface area contributed by atoms with Gasteiger partial charge < -0.3 is 9.73 Å². The number of furan rings is 1. The molecule has 1 N–H and O–H groups in total. The number of carbonyl (C=O) groups is 1. The second-order valence-corrected chi connectivity index (χ2v) is 5.06. The van der Waals surface area contributed by atoms with Crippen LogP contribution in [0.2, 0.25) is 0 Å². The first-order valence-corrected chi connectivity index (χ1v) is 6.95. The van der Waals surface area contributed by atoms with E-state index in [9.17, 15) is 4.79 Å².